The predicted molar refractivity (Wildman–Crippen MR) is 62.6 cm³/mol. The molecule has 1 aliphatic heterocycles. The number of rotatable bonds is 4. The lowest BCUT2D eigenvalue weighted by atomic mass is 10.00. The highest BCUT2D eigenvalue weighted by molar-refractivity contribution is 5.45. The van der Waals surface area contributed by atoms with Crippen molar-refractivity contribution in [2.24, 2.45) is 5.73 Å². The fraction of sp³-hybridized carbons (Fsp3) is 0.500. The van der Waals surface area contributed by atoms with Crippen molar-refractivity contribution in [3.63, 3.8) is 0 Å². The van der Waals surface area contributed by atoms with E-state index in [1.807, 2.05) is 26.1 Å². The third-order valence-electron chi connectivity index (χ3n) is 2.75. The molecule has 1 aromatic rings. The minimum absolute atomic E-state index is 0.169. The first kappa shape index (κ1) is 11.2. The zero-order valence-electron chi connectivity index (χ0n) is 9.69. The molecule has 16 heavy (non-hydrogen) atoms. The van der Waals surface area contributed by atoms with Crippen LogP contribution >= 0.6 is 0 Å². The Bertz CT molecular complexity index is 366. The van der Waals surface area contributed by atoms with E-state index < -0.39 is 0 Å². The molecule has 0 saturated carbocycles. The van der Waals surface area contributed by atoms with E-state index in [0.717, 1.165) is 17.9 Å². The van der Waals surface area contributed by atoms with Gasteiger partial charge in [-0.25, -0.2) is 0 Å². The van der Waals surface area contributed by atoms with Crippen molar-refractivity contribution in [3.05, 3.63) is 23.8 Å². The van der Waals surface area contributed by atoms with Crippen LogP contribution in [0.5, 0.6) is 11.5 Å². The van der Waals surface area contributed by atoms with Gasteiger partial charge in [-0.15, -0.1) is 0 Å². The lowest BCUT2D eigenvalue weighted by Crippen LogP contribution is -2.25. The van der Waals surface area contributed by atoms with Gasteiger partial charge in [-0.1, -0.05) is 6.07 Å². The molecule has 2 atom stereocenters. The maximum Gasteiger partial charge on any atom is 0.231 e. The summed E-state index contributed by atoms with van der Waals surface area (Å²) in [6, 6.07) is 6.45. The number of nitrogens with two attached hydrogens (primary N) is 1. The molecule has 0 aromatic heterocycles. The van der Waals surface area contributed by atoms with Crippen LogP contribution in [0.4, 0.5) is 0 Å². The summed E-state index contributed by atoms with van der Waals surface area (Å²) in [4.78, 5) is 0. The SMILES string of the molecule is CNC(CC(C)N)c1ccc2c(c1)OCO2. The molecule has 0 fully saturated rings. The van der Waals surface area contributed by atoms with Crippen molar-refractivity contribution in [1.82, 2.24) is 5.32 Å². The van der Waals surface area contributed by atoms with Crippen LogP contribution in [0.25, 0.3) is 0 Å². The summed E-state index contributed by atoms with van der Waals surface area (Å²) in [5.74, 6) is 1.64. The van der Waals surface area contributed by atoms with Gasteiger partial charge in [-0.2, -0.15) is 0 Å². The van der Waals surface area contributed by atoms with Gasteiger partial charge in [-0.05, 0) is 38.1 Å². The van der Waals surface area contributed by atoms with Gasteiger partial charge in [0.05, 0.1) is 0 Å². The largest absolute Gasteiger partial charge is 0.454 e. The van der Waals surface area contributed by atoms with Crippen molar-refractivity contribution in [1.29, 1.82) is 0 Å². The van der Waals surface area contributed by atoms with E-state index in [1.165, 1.54) is 5.56 Å². The fourth-order valence-corrected chi connectivity index (χ4v) is 1.92. The molecule has 0 aliphatic carbocycles. The van der Waals surface area contributed by atoms with Gasteiger partial charge >= 0.3 is 0 Å². The first-order chi connectivity index (χ1) is 7.70. The second kappa shape index (κ2) is 4.72. The molecular weight excluding hydrogens is 204 g/mol. The van der Waals surface area contributed by atoms with E-state index in [-0.39, 0.29) is 12.1 Å². The zero-order chi connectivity index (χ0) is 11.5. The lowest BCUT2D eigenvalue weighted by molar-refractivity contribution is 0.174. The maximum atomic E-state index is 5.82. The molecule has 4 heteroatoms. The molecule has 1 aliphatic rings. The summed E-state index contributed by atoms with van der Waals surface area (Å²) in [6.45, 7) is 2.33. The van der Waals surface area contributed by atoms with Crippen LogP contribution in [-0.4, -0.2) is 19.9 Å². The second-order valence-electron chi connectivity index (χ2n) is 4.17. The van der Waals surface area contributed by atoms with Gasteiger partial charge in [-0.3, -0.25) is 0 Å². The highest BCUT2D eigenvalue weighted by Gasteiger charge is 2.17. The monoisotopic (exact) mass is 222 g/mol. The summed E-state index contributed by atoms with van der Waals surface area (Å²) in [7, 11) is 1.94. The van der Waals surface area contributed by atoms with Crippen LogP contribution in [-0.2, 0) is 0 Å². The summed E-state index contributed by atoms with van der Waals surface area (Å²) >= 11 is 0. The highest BCUT2D eigenvalue weighted by atomic mass is 16.7. The maximum absolute atomic E-state index is 5.82. The van der Waals surface area contributed by atoms with Gasteiger partial charge < -0.3 is 20.5 Å². The predicted octanol–water partition coefficient (Wildman–Crippen LogP) is 1.41. The molecular formula is C12H18N2O2. The van der Waals surface area contributed by atoms with Gasteiger partial charge in [0.25, 0.3) is 0 Å². The van der Waals surface area contributed by atoms with Crippen molar-refractivity contribution in [3.8, 4) is 11.5 Å². The Morgan fingerprint density at radius 3 is 2.81 bits per heavy atom. The lowest BCUT2D eigenvalue weighted by Gasteiger charge is -2.19. The van der Waals surface area contributed by atoms with Crippen LogP contribution in [0.15, 0.2) is 18.2 Å². The summed E-state index contributed by atoms with van der Waals surface area (Å²) in [6.07, 6.45) is 0.899. The average molecular weight is 222 g/mol. The van der Waals surface area contributed by atoms with Gasteiger partial charge in [0.1, 0.15) is 0 Å². The Balaban J connectivity index is 2.18. The summed E-state index contributed by atoms with van der Waals surface area (Å²) in [5, 5.41) is 3.26. The third-order valence-corrected chi connectivity index (χ3v) is 2.75. The first-order valence-corrected chi connectivity index (χ1v) is 5.53. The van der Waals surface area contributed by atoms with Crippen molar-refractivity contribution in [2.75, 3.05) is 13.8 Å². The molecule has 0 saturated heterocycles. The normalized spacial score (nSPS) is 17.2. The Labute approximate surface area is 95.7 Å². The Kier molecular flexibility index (Phi) is 3.31. The number of hydrogen-bond donors (Lipinski definition) is 2. The fourth-order valence-electron chi connectivity index (χ4n) is 1.92. The molecule has 1 heterocycles. The molecule has 0 bridgehead atoms. The second-order valence-corrected chi connectivity index (χ2v) is 4.17. The Hall–Kier alpha value is -1.26. The van der Waals surface area contributed by atoms with Crippen LogP contribution in [0.3, 0.4) is 0 Å². The molecule has 88 valence electrons. The zero-order valence-corrected chi connectivity index (χ0v) is 9.69. The van der Waals surface area contributed by atoms with Gasteiger partial charge in [0.15, 0.2) is 11.5 Å². The van der Waals surface area contributed by atoms with Crippen LogP contribution in [0.2, 0.25) is 0 Å². The molecule has 0 radical (unpaired) electrons. The molecule has 4 nitrogen and oxygen atoms in total. The number of hydrogen-bond acceptors (Lipinski definition) is 4. The topological polar surface area (TPSA) is 56.5 Å². The van der Waals surface area contributed by atoms with Crippen molar-refractivity contribution < 1.29 is 9.47 Å². The van der Waals surface area contributed by atoms with E-state index in [1.54, 1.807) is 0 Å². The van der Waals surface area contributed by atoms with E-state index >= 15 is 0 Å². The summed E-state index contributed by atoms with van der Waals surface area (Å²) in [5.41, 5.74) is 7.01. The smallest absolute Gasteiger partial charge is 0.231 e. The van der Waals surface area contributed by atoms with Crippen LogP contribution < -0.4 is 20.5 Å². The van der Waals surface area contributed by atoms with E-state index in [2.05, 4.69) is 11.4 Å². The average Bonchev–Trinajstić information content (AvgIpc) is 2.72. The number of ether oxygens (including phenoxy) is 2. The first-order valence-electron chi connectivity index (χ1n) is 5.53. The molecule has 2 rings (SSSR count). The molecule has 1 aromatic carbocycles. The standard InChI is InChI=1S/C12H18N2O2/c1-8(13)5-10(14-2)9-3-4-11-12(6-9)16-7-15-11/h3-4,6,8,10,14H,5,7,13H2,1-2H3. The number of nitrogens with one attached hydrogen (secondary N) is 1. The van der Waals surface area contributed by atoms with Crippen molar-refractivity contribution in [2.45, 2.75) is 25.4 Å². The van der Waals surface area contributed by atoms with Crippen LogP contribution in [0, 0.1) is 0 Å². The number of benzene rings is 1. The van der Waals surface area contributed by atoms with E-state index in [4.69, 9.17) is 15.2 Å². The molecule has 3 N–H and O–H groups in total. The Morgan fingerprint density at radius 1 is 1.38 bits per heavy atom. The molecule has 0 amide bonds. The number of fused-ring (bicyclic) bond motifs is 1. The molecule has 2 unspecified atom stereocenters. The van der Waals surface area contributed by atoms with E-state index in [9.17, 15) is 0 Å². The van der Waals surface area contributed by atoms with Gasteiger partial charge in [0, 0.05) is 12.1 Å². The minimum Gasteiger partial charge on any atom is -0.454 e. The Morgan fingerprint density at radius 2 is 2.12 bits per heavy atom. The summed E-state index contributed by atoms with van der Waals surface area (Å²) < 4.78 is 10.6. The van der Waals surface area contributed by atoms with Crippen LogP contribution in [0.1, 0.15) is 24.9 Å². The quantitative estimate of drug-likeness (QED) is 0.808. The highest BCUT2D eigenvalue weighted by Crippen LogP contribution is 2.34. The molecule has 0 spiro atoms. The van der Waals surface area contributed by atoms with Crippen molar-refractivity contribution >= 4 is 0 Å². The van der Waals surface area contributed by atoms with Gasteiger partial charge in [0.2, 0.25) is 6.79 Å². The van der Waals surface area contributed by atoms with E-state index in [0.29, 0.717) is 6.79 Å². The minimum atomic E-state index is 0.169. The third kappa shape index (κ3) is 2.28.